The summed E-state index contributed by atoms with van der Waals surface area (Å²) >= 11 is 1.43. The van der Waals surface area contributed by atoms with E-state index < -0.39 is 0 Å². The van der Waals surface area contributed by atoms with Gasteiger partial charge in [0.1, 0.15) is 5.69 Å². The molecule has 1 atom stereocenters. The van der Waals surface area contributed by atoms with Crippen molar-refractivity contribution in [1.29, 1.82) is 0 Å². The molecule has 1 aromatic carbocycles. The molecule has 2 aliphatic heterocycles. The van der Waals surface area contributed by atoms with Crippen LogP contribution in [0.5, 0.6) is 0 Å². The molecule has 0 aliphatic carbocycles. The van der Waals surface area contributed by atoms with Crippen molar-refractivity contribution in [1.82, 2.24) is 20.1 Å². The highest BCUT2D eigenvalue weighted by atomic mass is 32.1. The van der Waals surface area contributed by atoms with E-state index in [4.69, 9.17) is 0 Å². The van der Waals surface area contributed by atoms with Crippen molar-refractivity contribution in [3.05, 3.63) is 52.5 Å². The number of amides is 2. The average molecular weight is 413 g/mol. The topological polar surface area (TPSA) is 65.5 Å². The first-order valence-electron chi connectivity index (χ1n) is 10.2. The number of hydrogen-bond acceptors (Lipinski definition) is 5. The first-order chi connectivity index (χ1) is 14.0. The van der Waals surface area contributed by atoms with Gasteiger partial charge in [-0.25, -0.2) is 4.98 Å². The summed E-state index contributed by atoms with van der Waals surface area (Å²) in [5.41, 5.74) is 3.27. The van der Waals surface area contributed by atoms with Crippen LogP contribution in [0.2, 0.25) is 0 Å². The molecule has 2 fully saturated rings. The standard InChI is InChI=1S/C22H28N4O2S/c1-16(2)8-23-20(27)18-10-25(9-17-6-4-3-5-7-17)12-22(18)13-26(14-22)21(28)19-11-29-15-24-19/h3-7,11,15-16,18H,8-10,12-14H2,1-2H3,(H,23,27). The molecule has 2 aliphatic rings. The summed E-state index contributed by atoms with van der Waals surface area (Å²) in [4.78, 5) is 34.0. The van der Waals surface area contributed by atoms with Crippen molar-refractivity contribution in [2.45, 2.75) is 20.4 Å². The second-order valence-electron chi connectivity index (χ2n) is 8.74. The zero-order chi connectivity index (χ0) is 20.4. The summed E-state index contributed by atoms with van der Waals surface area (Å²) in [6.45, 7) is 8.53. The van der Waals surface area contributed by atoms with E-state index in [1.165, 1.54) is 16.9 Å². The van der Waals surface area contributed by atoms with Crippen LogP contribution in [0.25, 0.3) is 0 Å². The normalized spacial score (nSPS) is 20.8. The Morgan fingerprint density at radius 1 is 1.24 bits per heavy atom. The van der Waals surface area contributed by atoms with Gasteiger partial charge in [-0.15, -0.1) is 11.3 Å². The summed E-state index contributed by atoms with van der Waals surface area (Å²) in [5, 5.41) is 4.91. The largest absolute Gasteiger partial charge is 0.356 e. The van der Waals surface area contributed by atoms with Crippen molar-refractivity contribution in [3.63, 3.8) is 0 Å². The quantitative estimate of drug-likeness (QED) is 0.792. The smallest absolute Gasteiger partial charge is 0.273 e. The SMILES string of the molecule is CC(C)CNC(=O)C1CN(Cc2ccccc2)CC12CN(C(=O)c1cscn1)C2. The number of aromatic nitrogens is 1. The van der Waals surface area contributed by atoms with E-state index in [1.807, 2.05) is 23.1 Å². The van der Waals surface area contributed by atoms with Crippen molar-refractivity contribution in [2.24, 2.45) is 17.3 Å². The zero-order valence-corrected chi connectivity index (χ0v) is 17.8. The third-order valence-corrected chi connectivity index (χ3v) is 6.51. The minimum atomic E-state index is -0.165. The van der Waals surface area contributed by atoms with E-state index >= 15 is 0 Å². The first-order valence-corrected chi connectivity index (χ1v) is 11.1. The Bertz CT molecular complexity index is 847. The number of carbonyl (C=O) groups is 2. The highest BCUT2D eigenvalue weighted by Gasteiger charge is 2.57. The highest BCUT2D eigenvalue weighted by molar-refractivity contribution is 7.07. The Labute approximate surface area is 175 Å². The van der Waals surface area contributed by atoms with Gasteiger partial charge in [-0.3, -0.25) is 14.5 Å². The number of nitrogens with one attached hydrogen (secondary N) is 1. The Morgan fingerprint density at radius 2 is 2.00 bits per heavy atom. The predicted molar refractivity (Wildman–Crippen MR) is 114 cm³/mol. The molecule has 3 heterocycles. The van der Waals surface area contributed by atoms with E-state index in [-0.39, 0.29) is 23.1 Å². The van der Waals surface area contributed by atoms with Gasteiger partial charge in [0, 0.05) is 50.1 Å². The van der Waals surface area contributed by atoms with Crippen molar-refractivity contribution >= 4 is 23.2 Å². The molecule has 0 saturated carbocycles. The Kier molecular flexibility index (Phi) is 5.69. The van der Waals surface area contributed by atoms with Crippen LogP contribution >= 0.6 is 11.3 Å². The van der Waals surface area contributed by atoms with E-state index in [9.17, 15) is 9.59 Å². The van der Waals surface area contributed by atoms with Crippen LogP contribution in [0, 0.1) is 17.3 Å². The number of carbonyl (C=O) groups excluding carboxylic acids is 2. The maximum absolute atomic E-state index is 13.0. The average Bonchev–Trinajstić information content (AvgIpc) is 3.33. The van der Waals surface area contributed by atoms with Gasteiger partial charge in [-0.1, -0.05) is 44.2 Å². The summed E-state index contributed by atoms with van der Waals surface area (Å²) in [5.74, 6) is 0.417. The fourth-order valence-corrected chi connectivity index (χ4v) is 5.01. The van der Waals surface area contributed by atoms with Crippen molar-refractivity contribution in [3.8, 4) is 0 Å². The summed E-state index contributed by atoms with van der Waals surface area (Å²) in [6, 6.07) is 10.4. The molecule has 154 valence electrons. The third-order valence-electron chi connectivity index (χ3n) is 5.92. The molecule has 2 saturated heterocycles. The molecule has 1 aromatic heterocycles. The second-order valence-corrected chi connectivity index (χ2v) is 9.46. The van der Waals surface area contributed by atoms with E-state index in [0.717, 1.165) is 19.6 Å². The third kappa shape index (κ3) is 4.21. The van der Waals surface area contributed by atoms with Crippen LogP contribution in [0.3, 0.4) is 0 Å². The fraction of sp³-hybridized carbons (Fsp3) is 0.500. The molecule has 6 nitrogen and oxygen atoms in total. The van der Waals surface area contributed by atoms with Gasteiger partial charge in [0.2, 0.25) is 5.91 Å². The molecule has 1 spiro atoms. The molecule has 1 unspecified atom stereocenters. The molecule has 2 amide bonds. The number of likely N-dealkylation sites (tertiary alicyclic amines) is 2. The zero-order valence-electron chi connectivity index (χ0n) is 17.0. The lowest BCUT2D eigenvalue weighted by Crippen LogP contribution is -2.64. The predicted octanol–water partition coefficient (Wildman–Crippen LogP) is 2.49. The van der Waals surface area contributed by atoms with Gasteiger partial charge in [-0.05, 0) is 11.5 Å². The summed E-state index contributed by atoms with van der Waals surface area (Å²) in [7, 11) is 0. The molecule has 29 heavy (non-hydrogen) atoms. The lowest BCUT2D eigenvalue weighted by molar-refractivity contribution is -0.131. The lowest BCUT2D eigenvalue weighted by atomic mass is 9.71. The van der Waals surface area contributed by atoms with Gasteiger partial charge < -0.3 is 10.2 Å². The minimum Gasteiger partial charge on any atom is -0.356 e. The van der Waals surface area contributed by atoms with Crippen LogP contribution in [-0.4, -0.2) is 59.3 Å². The van der Waals surface area contributed by atoms with Crippen LogP contribution < -0.4 is 5.32 Å². The number of nitrogens with zero attached hydrogens (tertiary/aromatic N) is 3. The van der Waals surface area contributed by atoms with Crippen LogP contribution in [-0.2, 0) is 11.3 Å². The van der Waals surface area contributed by atoms with Crippen LogP contribution in [0.4, 0.5) is 0 Å². The molecule has 1 N–H and O–H groups in total. The van der Waals surface area contributed by atoms with Gasteiger partial charge in [0.15, 0.2) is 0 Å². The maximum Gasteiger partial charge on any atom is 0.273 e. The second kappa shape index (κ2) is 8.24. The van der Waals surface area contributed by atoms with E-state index in [0.29, 0.717) is 31.2 Å². The molecule has 2 aromatic rings. The lowest BCUT2D eigenvalue weighted by Gasteiger charge is -2.50. The first kappa shape index (κ1) is 20.0. The number of benzene rings is 1. The molecular formula is C22H28N4O2S. The Balaban J connectivity index is 1.47. The highest BCUT2D eigenvalue weighted by Crippen LogP contribution is 2.45. The van der Waals surface area contributed by atoms with Crippen molar-refractivity contribution in [2.75, 3.05) is 32.7 Å². The maximum atomic E-state index is 13.0. The molecule has 0 bridgehead atoms. The molecule has 0 radical (unpaired) electrons. The molecule has 7 heteroatoms. The molecule has 4 rings (SSSR count). The Morgan fingerprint density at radius 3 is 2.66 bits per heavy atom. The van der Waals surface area contributed by atoms with E-state index in [2.05, 4.69) is 41.2 Å². The monoisotopic (exact) mass is 412 g/mol. The van der Waals surface area contributed by atoms with Crippen LogP contribution in [0.15, 0.2) is 41.2 Å². The summed E-state index contributed by atoms with van der Waals surface area (Å²) < 4.78 is 0. The number of rotatable bonds is 6. The minimum absolute atomic E-state index is 0.0280. The van der Waals surface area contributed by atoms with Gasteiger partial charge >= 0.3 is 0 Å². The van der Waals surface area contributed by atoms with Gasteiger partial charge in [-0.2, -0.15) is 0 Å². The fourth-order valence-electron chi connectivity index (χ4n) is 4.48. The van der Waals surface area contributed by atoms with Crippen molar-refractivity contribution < 1.29 is 9.59 Å². The van der Waals surface area contributed by atoms with Gasteiger partial charge in [0.25, 0.3) is 5.91 Å². The van der Waals surface area contributed by atoms with E-state index in [1.54, 1.807) is 10.9 Å². The number of thiazole rings is 1. The van der Waals surface area contributed by atoms with Gasteiger partial charge in [0.05, 0.1) is 11.4 Å². The van der Waals surface area contributed by atoms with Crippen LogP contribution in [0.1, 0.15) is 29.9 Å². The Hall–Kier alpha value is -2.25. The summed E-state index contributed by atoms with van der Waals surface area (Å²) in [6.07, 6.45) is 0. The molecular weight excluding hydrogens is 384 g/mol. The number of hydrogen-bond donors (Lipinski definition) is 1.